The molecule has 1 aromatic carbocycles. The number of amides is 1. The van der Waals surface area contributed by atoms with E-state index in [2.05, 4.69) is 17.3 Å². The van der Waals surface area contributed by atoms with E-state index in [4.69, 9.17) is 4.74 Å². The van der Waals surface area contributed by atoms with Gasteiger partial charge in [0.05, 0.1) is 35.1 Å². The van der Waals surface area contributed by atoms with Gasteiger partial charge in [0.1, 0.15) is 0 Å². The van der Waals surface area contributed by atoms with Gasteiger partial charge in [-0.1, -0.05) is 19.8 Å². The highest BCUT2D eigenvalue weighted by Gasteiger charge is 2.21. The first-order valence-electron chi connectivity index (χ1n) is 9.24. The molecule has 3 rings (SSSR count). The van der Waals surface area contributed by atoms with Crippen LogP contribution in [0.1, 0.15) is 43.0 Å². The van der Waals surface area contributed by atoms with E-state index in [-0.39, 0.29) is 11.6 Å². The Balaban J connectivity index is 1.48. The summed E-state index contributed by atoms with van der Waals surface area (Å²) < 4.78 is 7.41. The maximum absolute atomic E-state index is 12.2. The number of non-ortho nitro benzene ring substituents is 1. The molecule has 0 aliphatic heterocycles. The Morgan fingerprint density at radius 2 is 2.07 bits per heavy atom. The molecular formula is C19H24N4O4. The Hall–Kier alpha value is -2.74. The topological polar surface area (TPSA) is 99.3 Å². The highest BCUT2D eigenvalue weighted by Crippen LogP contribution is 2.26. The van der Waals surface area contributed by atoms with E-state index in [1.807, 2.05) is 0 Å². The number of hydrogen-bond donors (Lipinski definition) is 1. The summed E-state index contributed by atoms with van der Waals surface area (Å²) in [6.07, 6.45) is 8.15. The van der Waals surface area contributed by atoms with Crippen molar-refractivity contribution in [3.8, 4) is 5.69 Å². The lowest BCUT2D eigenvalue weighted by Crippen LogP contribution is -2.31. The van der Waals surface area contributed by atoms with Crippen molar-refractivity contribution in [1.29, 1.82) is 0 Å². The average molecular weight is 372 g/mol. The Morgan fingerprint density at radius 1 is 1.33 bits per heavy atom. The maximum atomic E-state index is 12.2. The molecule has 1 saturated carbocycles. The normalized spacial score (nSPS) is 19.6. The molecule has 0 unspecified atom stereocenters. The number of benzene rings is 1. The Morgan fingerprint density at radius 3 is 2.78 bits per heavy atom. The van der Waals surface area contributed by atoms with Gasteiger partial charge in [0.25, 0.3) is 11.6 Å². The quantitative estimate of drug-likeness (QED) is 0.457. The van der Waals surface area contributed by atoms with Crippen LogP contribution in [0.5, 0.6) is 0 Å². The fraction of sp³-hybridized carbons (Fsp3) is 0.474. The van der Waals surface area contributed by atoms with Crippen molar-refractivity contribution in [2.45, 2.75) is 38.7 Å². The number of nitrogens with zero attached hydrogens (tertiary/aromatic N) is 3. The fourth-order valence-electron chi connectivity index (χ4n) is 3.32. The van der Waals surface area contributed by atoms with Crippen LogP contribution in [0, 0.1) is 16.0 Å². The summed E-state index contributed by atoms with van der Waals surface area (Å²) >= 11 is 0. The van der Waals surface area contributed by atoms with E-state index in [9.17, 15) is 14.9 Å². The highest BCUT2D eigenvalue weighted by atomic mass is 16.6. The zero-order valence-electron chi connectivity index (χ0n) is 15.3. The third kappa shape index (κ3) is 4.91. The summed E-state index contributed by atoms with van der Waals surface area (Å²) in [5.74, 6) is 0.359. The van der Waals surface area contributed by atoms with Gasteiger partial charge in [0, 0.05) is 24.9 Å². The number of nitro benzene ring substituents is 1. The second kappa shape index (κ2) is 8.77. The van der Waals surface area contributed by atoms with Crippen molar-refractivity contribution in [3.05, 3.63) is 52.3 Å². The van der Waals surface area contributed by atoms with Gasteiger partial charge in [-0.3, -0.25) is 14.9 Å². The van der Waals surface area contributed by atoms with Crippen LogP contribution in [0.3, 0.4) is 0 Å². The van der Waals surface area contributed by atoms with Gasteiger partial charge >= 0.3 is 0 Å². The molecular weight excluding hydrogens is 348 g/mol. The molecule has 1 aliphatic carbocycles. The zero-order chi connectivity index (χ0) is 19.2. The fourth-order valence-corrected chi connectivity index (χ4v) is 3.32. The molecule has 1 heterocycles. The predicted octanol–water partition coefficient (Wildman–Crippen LogP) is 3.11. The van der Waals surface area contributed by atoms with Crippen molar-refractivity contribution in [2.75, 3.05) is 13.2 Å². The van der Waals surface area contributed by atoms with Crippen LogP contribution in [0.15, 0.2) is 36.7 Å². The van der Waals surface area contributed by atoms with Crippen LogP contribution >= 0.6 is 0 Å². The predicted molar refractivity (Wildman–Crippen MR) is 99.9 cm³/mol. The molecule has 1 fully saturated rings. The zero-order valence-corrected chi connectivity index (χ0v) is 15.3. The lowest BCUT2D eigenvalue weighted by Gasteiger charge is -2.28. The summed E-state index contributed by atoms with van der Waals surface area (Å²) in [4.78, 5) is 22.5. The second-order valence-electron chi connectivity index (χ2n) is 6.87. The molecule has 0 radical (unpaired) electrons. The van der Waals surface area contributed by atoms with Gasteiger partial charge in [0.2, 0.25) is 0 Å². The van der Waals surface area contributed by atoms with Crippen molar-refractivity contribution in [2.24, 2.45) is 5.92 Å². The van der Waals surface area contributed by atoms with Crippen molar-refractivity contribution >= 4 is 11.6 Å². The van der Waals surface area contributed by atoms with E-state index in [0.717, 1.165) is 6.42 Å². The second-order valence-corrected chi connectivity index (χ2v) is 6.87. The lowest BCUT2D eigenvalue weighted by molar-refractivity contribution is -0.384. The average Bonchev–Trinajstić information content (AvgIpc) is 3.17. The molecule has 144 valence electrons. The van der Waals surface area contributed by atoms with Gasteiger partial charge in [-0.05, 0) is 30.9 Å². The summed E-state index contributed by atoms with van der Waals surface area (Å²) in [5, 5.41) is 17.7. The first-order chi connectivity index (χ1) is 13.0. The molecule has 27 heavy (non-hydrogen) atoms. The number of aromatic nitrogens is 2. The monoisotopic (exact) mass is 372 g/mol. The standard InChI is InChI=1S/C19H24N4O4/c1-14-4-2-3-5-18(14)27-11-10-20-19(24)15-12-21-22(13-15)16-6-8-17(9-7-16)23(25)26/h6-9,12-14,18H,2-5,10-11H2,1H3,(H,20,24)/t14-,18+/m0/s1. The first kappa shape index (κ1) is 19.0. The molecule has 1 amide bonds. The Bertz CT molecular complexity index is 787. The van der Waals surface area contributed by atoms with E-state index < -0.39 is 4.92 Å². The smallest absolute Gasteiger partial charge is 0.269 e. The minimum Gasteiger partial charge on any atom is -0.376 e. The maximum Gasteiger partial charge on any atom is 0.269 e. The van der Waals surface area contributed by atoms with E-state index in [1.54, 1.807) is 18.3 Å². The van der Waals surface area contributed by atoms with Crippen molar-refractivity contribution in [3.63, 3.8) is 0 Å². The molecule has 1 aromatic heterocycles. The highest BCUT2D eigenvalue weighted by molar-refractivity contribution is 5.93. The van der Waals surface area contributed by atoms with Gasteiger partial charge in [-0.15, -0.1) is 0 Å². The third-order valence-corrected chi connectivity index (χ3v) is 4.92. The summed E-state index contributed by atoms with van der Waals surface area (Å²) in [6.45, 7) is 3.16. The Labute approximate surface area is 157 Å². The van der Waals surface area contributed by atoms with E-state index in [0.29, 0.717) is 36.4 Å². The van der Waals surface area contributed by atoms with Crippen LogP contribution in [0.25, 0.3) is 5.69 Å². The molecule has 2 atom stereocenters. The van der Waals surface area contributed by atoms with Crippen LogP contribution in [-0.4, -0.2) is 39.9 Å². The van der Waals surface area contributed by atoms with Crippen LogP contribution in [-0.2, 0) is 4.74 Å². The van der Waals surface area contributed by atoms with Gasteiger partial charge in [0.15, 0.2) is 0 Å². The summed E-state index contributed by atoms with van der Waals surface area (Å²) in [6, 6.07) is 5.98. The minimum absolute atomic E-state index is 0.0103. The molecule has 1 N–H and O–H groups in total. The molecule has 8 nitrogen and oxygen atoms in total. The van der Waals surface area contributed by atoms with Gasteiger partial charge in [-0.2, -0.15) is 5.10 Å². The SMILES string of the molecule is C[C@H]1CCCC[C@H]1OCCNC(=O)c1cnn(-c2ccc([N+](=O)[O-])cc2)c1. The Kier molecular flexibility index (Phi) is 6.18. The lowest BCUT2D eigenvalue weighted by atomic mass is 9.88. The van der Waals surface area contributed by atoms with E-state index >= 15 is 0 Å². The number of nitrogens with one attached hydrogen (secondary N) is 1. The third-order valence-electron chi connectivity index (χ3n) is 4.92. The number of carbonyl (C=O) groups excluding carboxylic acids is 1. The van der Waals surface area contributed by atoms with Crippen LogP contribution in [0.2, 0.25) is 0 Å². The van der Waals surface area contributed by atoms with Crippen molar-refractivity contribution < 1.29 is 14.5 Å². The molecule has 1 aliphatic rings. The first-order valence-corrected chi connectivity index (χ1v) is 9.24. The number of hydrogen-bond acceptors (Lipinski definition) is 5. The molecule has 0 spiro atoms. The summed E-state index contributed by atoms with van der Waals surface area (Å²) in [5.41, 5.74) is 1.09. The number of carbonyl (C=O) groups is 1. The van der Waals surface area contributed by atoms with Gasteiger partial charge < -0.3 is 10.1 Å². The molecule has 8 heteroatoms. The molecule has 0 saturated heterocycles. The van der Waals surface area contributed by atoms with Crippen LogP contribution in [0.4, 0.5) is 5.69 Å². The largest absolute Gasteiger partial charge is 0.376 e. The number of rotatable bonds is 7. The van der Waals surface area contributed by atoms with E-state index in [1.165, 1.54) is 42.3 Å². The minimum atomic E-state index is -0.456. The van der Waals surface area contributed by atoms with Gasteiger partial charge in [-0.25, -0.2) is 4.68 Å². The van der Waals surface area contributed by atoms with Crippen molar-refractivity contribution in [1.82, 2.24) is 15.1 Å². The van der Waals surface area contributed by atoms with Crippen LogP contribution < -0.4 is 5.32 Å². The summed E-state index contributed by atoms with van der Waals surface area (Å²) in [7, 11) is 0. The number of ether oxygens (including phenoxy) is 1. The number of nitro groups is 1. The molecule has 0 bridgehead atoms. The molecule has 2 aromatic rings.